The van der Waals surface area contributed by atoms with Gasteiger partial charge >= 0.3 is 11.9 Å². The molecule has 0 atom stereocenters. The first-order chi connectivity index (χ1) is 12.4. The number of hydrogen-bond donors (Lipinski definition) is 0. The van der Waals surface area contributed by atoms with Crippen LogP contribution in [0.2, 0.25) is 10.0 Å². The van der Waals surface area contributed by atoms with E-state index in [0.29, 0.717) is 21.7 Å². The molecule has 0 N–H and O–H groups in total. The molecule has 0 bridgehead atoms. The van der Waals surface area contributed by atoms with Gasteiger partial charge in [0.05, 0.1) is 21.7 Å². The van der Waals surface area contributed by atoms with E-state index in [-0.39, 0.29) is 23.1 Å². The molecule has 5 nitrogen and oxygen atoms in total. The van der Waals surface area contributed by atoms with Crippen LogP contribution in [0.25, 0.3) is 0 Å². The molecule has 0 unspecified atom stereocenters. The van der Waals surface area contributed by atoms with Gasteiger partial charge in [0.1, 0.15) is 5.75 Å². The molecular weight excluding hydrogens is 447 g/mol. The number of esters is 2. The Balaban J connectivity index is 1.97. The van der Waals surface area contributed by atoms with Crippen molar-refractivity contribution in [3.05, 3.63) is 56.5 Å². The summed E-state index contributed by atoms with van der Waals surface area (Å²) in [5, 5.41) is 0.696. The van der Waals surface area contributed by atoms with E-state index in [1.807, 2.05) is 6.92 Å². The van der Waals surface area contributed by atoms with Gasteiger partial charge in [-0.15, -0.1) is 0 Å². The summed E-state index contributed by atoms with van der Waals surface area (Å²) < 4.78 is 16.1. The molecule has 138 valence electrons. The Hall–Kier alpha value is -1.76. The third-order valence-electron chi connectivity index (χ3n) is 3.04. The van der Waals surface area contributed by atoms with Crippen molar-refractivity contribution in [2.45, 2.75) is 13.3 Å². The third-order valence-corrected chi connectivity index (χ3v) is 4.12. The van der Waals surface area contributed by atoms with Crippen LogP contribution in [-0.2, 0) is 9.53 Å². The number of carbonyl (C=O) groups excluding carboxylic acids is 2. The monoisotopic (exact) mass is 460 g/mol. The van der Waals surface area contributed by atoms with Crippen LogP contribution in [0.3, 0.4) is 0 Å². The van der Waals surface area contributed by atoms with Crippen LogP contribution < -0.4 is 9.47 Å². The topological polar surface area (TPSA) is 61.8 Å². The molecule has 0 amide bonds. The Morgan fingerprint density at radius 2 is 1.92 bits per heavy atom. The lowest BCUT2D eigenvalue weighted by Crippen LogP contribution is -2.18. The van der Waals surface area contributed by atoms with Gasteiger partial charge in [-0.05, 0) is 52.7 Å². The minimum Gasteiger partial charge on any atom is -0.479 e. The van der Waals surface area contributed by atoms with Crippen molar-refractivity contribution < 1.29 is 23.8 Å². The quantitative estimate of drug-likeness (QED) is 0.413. The first kappa shape index (κ1) is 20.6. The smallest absolute Gasteiger partial charge is 0.349 e. The van der Waals surface area contributed by atoms with E-state index in [0.717, 1.165) is 6.42 Å². The van der Waals surface area contributed by atoms with Crippen molar-refractivity contribution in [3.8, 4) is 11.5 Å². The summed E-state index contributed by atoms with van der Waals surface area (Å²) in [5.41, 5.74) is 0.299. The second-order valence-corrected chi connectivity index (χ2v) is 6.82. The lowest BCUT2D eigenvalue weighted by Gasteiger charge is -2.11. The molecule has 0 aromatic heterocycles. The first-order valence-electron chi connectivity index (χ1n) is 7.66. The fourth-order valence-electron chi connectivity index (χ4n) is 1.92. The van der Waals surface area contributed by atoms with E-state index in [9.17, 15) is 9.59 Å². The van der Waals surface area contributed by atoms with Gasteiger partial charge in [-0.25, -0.2) is 9.59 Å². The molecular formula is C18H15BrCl2O5. The Morgan fingerprint density at radius 1 is 1.15 bits per heavy atom. The van der Waals surface area contributed by atoms with Crippen molar-refractivity contribution in [1.29, 1.82) is 0 Å². The zero-order valence-electron chi connectivity index (χ0n) is 13.8. The van der Waals surface area contributed by atoms with Crippen molar-refractivity contribution in [2.24, 2.45) is 0 Å². The standard InChI is InChI=1S/C18H15BrCl2O5/c1-2-6-24-18(23)11-4-3-5-13(7-11)26-16(22)10-25-17-14(19)8-12(20)9-15(17)21/h3-5,7-9H,2,6,10H2,1H3. The van der Waals surface area contributed by atoms with E-state index in [1.54, 1.807) is 24.3 Å². The molecule has 0 aliphatic rings. The van der Waals surface area contributed by atoms with Gasteiger partial charge in [0.2, 0.25) is 0 Å². The minimum atomic E-state index is -0.651. The summed E-state index contributed by atoms with van der Waals surface area (Å²) in [6.45, 7) is 1.86. The van der Waals surface area contributed by atoms with Crippen LogP contribution >= 0.6 is 39.1 Å². The average Bonchev–Trinajstić information content (AvgIpc) is 2.59. The van der Waals surface area contributed by atoms with Crippen LogP contribution in [0, 0.1) is 0 Å². The van der Waals surface area contributed by atoms with Gasteiger partial charge < -0.3 is 14.2 Å². The summed E-state index contributed by atoms with van der Waals surface area (Å²) >= 11 is 15.2. The highest BCUT2D eigenvalue weighted by atomic mass is 79.9. The molecule has 2 aromatic rings. The van der Waals surface area contributed by atoms with Crippen LogP contribution in [0.1, 0.15) is 23.7 Å². The highest BCUT2D eigenvalue weighted by Crippen LogP contribution is 2.36. The lowest BCUT2D eigenvalue weighted by atomic mass is 10.2. The van der Waals surface area contributed by atoms with Crippen molar-refractivity contribution in [1.82, 2.24) is 0 Å². The molecule has 0 aliphatic heterocycles. The molecule has 26 heavy (non-hydrogen) atoms. The zero-order chi connectivity index (χ0) is 19.1. The predicted molar refractivity (Wildman–Crippen MR) is 102 cm³/mol. The maximum absolute atomic E-state index is 12.0. The van der Waals surface area contributed by atoms with Gasteiger partial charge in [-0.2, -0.15) is 0 Å². The summed E-state index contributed by atoms with van der Waals surface area (Å²) in [6.07, 6.45) is 0.723. The first-order valence-corrected chi connectivity index (χ1v) is 9.20. The molecule has 0 saturated carbocycles. The summed E-state index contributed by atoms with van der Waals surface area (Å²) in [7, 11) is 0. The van der Waals surface area contributed by atoms with Crippen LogP contribution in [-0.4, -0.2) is 25.2 Å². The second-order valence-electron chi connectivity index (χ2n) is 5.13. The second kappa shape index (κ2) is 9.80. The Kier molecular flexibility index (Phi) is 7.75. The number of hydrogen-bond acceptors (Lipinski definition) is 5. The Morgan fingerprint density at radius 3 is 2.62 bits per heavy atom. The Bertz CT molecular complexity index is 787. The Labute approximate surface area is 169 Å². The highest BCUT2D eigenvalue weighted by molar-refractivity contribution is 9.10. The average molecular weight is 462 g/mol. The molecule has 0 radical (unpaired) electrons. The summed E-state index contributed by atoms with van der Waals surface area (Å²) in [5.74, 6) is -0.629. The normalized spacial score (nSPS) is 10.3. The van der Waals surface area contributed by atoms with Crippen molar-refractivity contribution in [2.75, 3.05) is 13.2 Å². The number of ether oxygens (including phenoxy) is 3. The van der Waals surface area contributed by atoms with Gasteiger partial charge in [-0.3, -0.25) is 0 Å². The highest BCUT2D eigenvalue weighted by Gasteiger charge is 2.14. The van der Waals surface area contributed by atoms with Crippen molar-refractivity contribution in [3.63, 3.8) is 0 Å². The molecule has 8 heteroatoms. The SMILES string of the molecule is CCCOC(=O)c1cccc(OC(=O)COc2c(Cl)cc(Cl)cc2Br)c1. The van der Waals surface area contributed by atoms with E-state index >= 15 is 0 Å². The van der Waals surface area contributed by atoms with Crippen LogP contribution in [0.15, 0.2) is 40.9 Å². The number of benzene rings is 2. The number of halogens is 3. The summed E-state index contributed by atoms with van der Waals surface area (Å²) in [4.78, 5) is 23.8. The largest absolute Gasteiger partial charge is 0.479 e. The molecule has 0 heterocycles. The molecule has 0 aliphatic carbocycles. The van der Waals surface area contributed by atoms with Gasteiger partial charge in [0, 0.05) is 5.02 Å². The van der Waals surface area contributed by atoms with Gasteiger partial charge in [0.15, 0.2) is 12.4 Å². The molecule has 2 aromatic carbocycles. The van der Waals surface area contributed by atoms with Gasteiger partial charge in [0.25, 0.3) is 0 Å². The fraction of sp³-hybridized carbons (Fsp3) is 0.222. The zero-order valence-corrected chi connectivity index (χ0v) is 16.9. The van der Waals surface area contributed by atoms with Gasteiger partial charge in [-0.1, -0.05) is 36.2 Å². The molecule has 0 saturated heterocycles. The number of rotatable bonds is 7. The van der Waals surface area contributed by atoms with E-state index in [1.165, 1.54) is 12.1 Å². The van der Waals surface area contributed by atoms with E-state index in [4.69, 9.17) is 37.4 Å². The predicted octanol–water partition coefficient (Wildman–Crippen LogP) is 5.31. The van der Waals surface area contributed by atoms with Crippen LogP contribution in [0.4, 0.5) is 0 Å². The maximum atomic E-state index is 12.0. The number of carbonyl (C=O) groups is 2. The molecule has 0 fully saturated rings. The molecule has 0 spiro atoms. The third kappa shape index (κ3) is 5.90. The fourth-order valence-corrected chi connectivity index (χ4v) is 3.29. The van der Waals surface area contributed by atoms with Crippen LogP contribution in [0.5, 0.6) is 11.5 Å². The minimum absolute atomic E-state index is 0.214. The van der Waals surface area contributed by atoms with Crippen molar-refractivity contribution >= 4 is 51.1 Å². The lowest BCUT2D eigenvalue weighted by molar-refractivity contribution is -0.136. The van der Waals surface area contributed by atoms with E-state index in [2.05, 4.69) is 15.9 Å². The van der Waals surface area contributed by atoms with E-state index < -0.39 is 11.9 Å². The summed E-state index contributed by atoms with van der Waals surface area (Å²) in [6, 6.07) is 9.26. The molecule has 2 rings (SSSR count). The maximum Gasteiger partial charge on any atom is 0.349 e.